The molecular weight excluding hydrogens is 156 g/mol. The highest BCUT2D eigenvalue weighted by atomic mass is 14.2. The molecular formula is C13H24. The van der Waals surface area contributed by atoms with Crippen molar-refractivity contribution < 1.29 is 0 Å². The van der Waals surface area contributed by atoms with Gasteiger partial charge < -0.3 is 0 Å². The molecule has 0 heteroatoms. The first-order valence-electron chi connectivity index (χ1n) is 5.84. The van der Waals surface area contributed by atoms with E-state index in [1.165, 1.54) is 32.1 Å². The Morgan fingerprint density at radius 2 is 1.08 bits per heavy atom. The summed E-state index contributed by atoms with van der Waals surface area (Å²) in [5, 5.41) is 0. The summed E-state index contributed by atoms with van der Waals surface area (Å²) in [5.41, 5.74) is 3.54. The van der Waals surface area contributed by atoms with Crippen LogP contribution >= 0.6 is 0 Å². The normalized spacial score (nSPS) is 19.8. The lowest BCUT2D eigenvalue weighted by Gasteiger charge is -2.19. The third kappa shape index (κ3) is 2.86. The maximum absolute atomic E-state index is 2.35. The van der Waals surface area contributed by atoms with E-state index in [9.17, 15) is 0 Å². The summed E-state index contributed by atoms with van der Waals surface area (Å²) in [6.45, 7) is 9.40. The summed E-state index contributed by atoms with van der Waals surface area (Å²) in [6.07, 6.45) is 7.01. The van der Waals surface area contributed by atoms with E-state index in [0.717, 1.165) is 11.8 Å². The summed E-state index contributed by atoms with van der Waals surface area (Å²) in [6, 6.07) is 0. The molecule has 0 N–H and O–H groups in total. The van der Waals surface area contributed by atoms with E-state index in [1.54, 1.807) is 11.1 Å². The van der Waals surface area contributed by atoms with Crippen LogP contribution in [0, 0.1) is 11.8 Å². The van der Waals surface area contributed by atoms with Crippen LogP contribution in [0.5, 0.6) is 0 Å². The second kappa shape index (κ2) is 4.83. The van der Waals surface area contributed by atoms with E-state index in [4.69, 9.17) is 0 Å². The van der Waals surface area contributed by atoms with Crippen LogP contribution in [0.3, 0.4) is 0 Å². The summed E-state index contributed by atoms with van der Waals surface area (Å²) in [5.74, 6) is 1.55. The Kier molecular flexibility index (Phi) is 4.02. The predicted molar refractivity (Wildman–Crippen MR) is 59.8 cm³/mol. The average Bonchev–Trinajstić information content (AvgIpc) is 2.27. The quantitative estimate of drug-likeness (QED) is 0.546. The van der Waals surface area contributed by atoms with E-state index >= 15 is 0 Å². The maximum Gasteiger partial charge on any atom is -0.0257 e. The lowest BCUT2D eigenvalue weighted by atomic mass is 9.87. The van der Waals surface area contributed by atoms with Gasteiger partial charge in [-0.25, -0.2) is 0 Å². The van der Waals surface area contributed by atoms with Gasteiger partial charge in [-0.1, -0.05) is 45.3 Å². The topological polar surface area (TPSA) is 0 Å². The van der Waals surface area contributed by atoms with Gasteiger partial charge >= 0.3 is 0 Å². The SMILES string of the molecule is CC(C)C1=C(C(C)C)CCCCC1. The Bertz CT molecular complexity index is 164. The second-order valence-corrected chi connectivity index (χ2v) is 4.92. The predicted octanol–water partition coefficient (Wildman–Crippen LogP) is 4.56. The van der Waals surface area contributed by atoms with Crippen molar-refractivity contribution in [3.05, 3.63) is 11.1 Å². The van der Waals surface area contributed by atoms with E-state index in [2.05, 4.69) is 27.7 Å². The van der Waals surface area contributed by atoms with Crippen LogP contribution in [0.15, 0.2) is 11.1 Å². The fourth-order valence-electron chi connectivity index (χ4n) is 2.45. The van der Waals surface area contributed by atoms with Crippen molar-refractivity contribution in [1.82, 2.24) is 0 Å². The molecule has 0 atom stereocenters. The molecule has 0 aromatic heterocycles. The molecule has 0 unspecified atom stereocenters. The van der Waals surface area contributed by atoms with Crippen molar-refractivity contribution in [2.45, 2.75) is 59.8 Å². The van der Waals surface area contributed by atoms with E-state index < -0.39 is 0 Å². The molecule has 0 bridgehead atoms. The smallest absolute Gasteiger partial charge is 0.0257 e. The van der Waals surface area contributed by atoms with Crippen molar-refractivity contribution in [1.29, 1.82) is 0 Å². The van der Waals surface area contributed by atoms with Gasteiger partial charge in [0.2, 0.25) is 0 Å². The third-order valence-electron chi connectivity index (χ3n) is 3.20. The van der Waals surface area contributed by atoms with Crippen LogP contribution in [0.1, 0.15) is 59.8 Å². The molecule has 0 saturated carbocycles. The Labute approximate surface area is 83.4 Å². The minimum absolute atomic E-state index is 0.774. The zero-order valence-electron chi connectivity index (χ0n) is 9.69. The van der Waals surface area contributed by atoms with Crippen LogP contribution in [0.25, 0.3) is 0 Å². The number of hydrogen-bond acceptors (Lipinski definition) is 0. The van der Waals surface area contributed by atoms with Gasteiger partial charge in [-0.2, -0.15) is 0 Å². The van der Waals surface area contributed by atoms with Gasteiger partial charge in [-0.15, -0.1) is 0 Å². The van der Waals surface area contributed by atoms with Gasteiger partial charge in [0, 0.05) is 0 Å². The number of hydrogen-bond donors (Lipinski definition) is 0. The van der Waals surface area contributed by atoms with Gasteiger partial charge in [0.05, 0.1) is 0 Å². The lowest BCUT2D eigenvalue weighted by molar-refractivity contribution is 0.646. The van der Waals surface area contributed by atoms with Gasteiger partial charge in [-0.3, -0.25) is 0 Å². The largest absolute Gasteiger partial charge is 0.0682 e. The van der Waals surface area contributed by atoms with Crippen molar-refractivity contribution in [3.8, 4) is 0 Å². The molecule has 0 aliphatic heterocycles. The molecule has 76 valence electrons. The molecule has 0 aromatic carbocycles. The van der Waals surface area contributed by atoms with Crippen LogP contribution in [0.2, 0.25) is 0 Å². The Balaban J connectivity index is 2.85. The fraction of sp³-hybridized carbons (Fsp3) is 0.846. The van der Waals surface area contributed by atoms with Crippen molar-refractivity contribution >= 4 is 0 Å². The highest BCUT2D eigenvalue weighted by Gasteiger charge is 2.15. The minimum atomic E-state index is 0.774. The standard InChI is InChI=1S/C13H24/c1-10(2)12-8-6-5-7-9-13(12)11(3)4/h10-11H,5-9H2,1-4H3. The molecule has 1 aliphatic rings. The first-order valence-corrected chi connectivity index (χ1v) is 5.84. The summed E-state index contributed by atoms with van der Waals surface area (Å²) < 4.78 is 0. The Morgan fingerprint density at radius 1 is 0.692 bits per heavy atom. The van der Waals surface area contributed by atoms with Gasteiger partial charge in [0.25, 0.3) is 0 Å². The van der Waals surface area contributed by atoms with E-state index in [0.29, 0.717) is 0 Å². The Morgan fingerprint density at radius 3 is 1.38 bits per heavy atom. The number of rotatable bonds is 2. The highest BCUT2D eigenvalue weighted by Crippen LogP contribution is 2.32. The molecule has 1 rings (SSSR count). The van der Waals surface area contributed by atoms with Gasteiger partial charge in [-0.05, 0) is 37.5 Å². The fourth-order valence-corrected chi connectivity index (χ4v) is 2.45. The highest BCUT2D eigenvalue weighted by molar-refractivity contribution is 5.19. The molecule has 0 amide bonds. The zero-order valence-corrected chi connectivity index (χ0v) is 9.69. The van der Waals surface area contributed by atoms with Crippen LogP contribution in [-0.4, -0.2) is 0 Å². The molecule has 0 radical (unpaired) electrons. The van der Waals surface area contributed by atoms with E-state index in [-0.39, 0.29) is 0 Å². The minimum Gasteiger partial charge on any atom is -0.0682 e. The third-order valence-corrected chi connectivity index (χ3v) is 3.20. The second-order valence-electron chi connectivity index (χ2n) is 4.92. The summed E-state index contributed by atoms with van der Waals surface area (Å²) in [4.78, 5) is 0. The Hall–Kier alpha value is -0.260. The molecule has 13 heavy (non-hydrogen) atoms. The van der Waals surface area contributed by atoms with Crippen molar-refractivity contribution in [3.63, 3.8) is 0 Å². The monoisotopic (exact) mass is 180 g/mol. The first-order chi connectivity index (χ1) is 6.13. The summed E-state index contributed by atoms with van der Waals surface area (Å²) in [7, 11) is 0. The van der Waals surface area contributed by atoms with Crippen LogP contribution in [0.4, 0.5) is 0 Å². The number of allylic oxidation sites excluding steroid dienone is 2. The van der Waals surface area contributed by atoms with Crippen molar-refractivity contribution in [2.75, 3.05) is 0 Å². The lowest BCUT2D eigenvalue weighted by Crippen LogP contribution is -2.03. The van der Waals surface area contributed by atoms with Crippen LogP contribution in [-0.2, 0) is 0 Å². The van der Waals surface area contributed by atoms with Gasteiger partial charge in [0.15, 0.2) is 0 Å². The molecule has 0 nitrogen and oxygen atoms in total. The summed E-state index contributed by atoms with van der Waals surface area (Å²) >= 11 is 0. The zero-order chi connectivity index (χ0) is 9.84. The molecule has 1 aliphatic carbocycles. The van der Waals surface area contributed by atoms with Gasteiger partial charge in [0.1, 0.15) is 0 Å². The van der Waals surface area contributed by atoms with E-state index in [1.807, 2.05) is 0 Å². The van der Waals surface area contributed by atoms with Crippen LogP contribution < -0.4 is 0 Å². The molecule has 0 saturated heterocycles. The molecule has 0 heterocycles. The molecule has 0 aromatic rings. The molecule has 0 fully saturated rings. The average molecular weight is 180 g/mol. The maximum atomic E-state index is 2.35. The molecule has 0 spiro atoms. The first kappa shape index (κ1) is 10.8. The van der Waals surface area contributed by atoms with Crippen molar-refractivity contribution in [2.24, 2.45) is 11.8 Å².